The standard InChI is InChI=1S/C14H27N3/c1-12(2)8-6-4-5-7-9-15-10-14-11-16-13(3)17-14/h11-12,15H,4-10H2,1-3H3,(H,16,17). The molecule has 1 rings (SSSR count). The molecule has 0 spiro atoms. The van der Waals surface area contributed by atoms with Gasteiger partial charge >= 0.3 is 0 Å². The molecule has 3 heteroatoms. The molecule has 3 nitrogen and oxygen atoms in total. The molecule has 1 aromatic rings. The topological polar surface area (TPSA) is 40.7 Å². The second kappa shape index (κ2) is 8.29. The SMILES string of the molecule is Cc1ncc(CNCCCCCCC(C)C)[nH]1. The minimum absolute atomic E-state index is 0.858. The third-order valence-electron chi connectivity index (χ3n) is 2.96. The highest BCUT2D eigenvalue weighted by atomic mass is 14.9. The number of nitrogens with one attached hydrogen (secondary N) is 2. The molecule has 0 bridgehead atoms. The van der Waals surface area contributed by atoms with E-state index in [1.807, 2.05) is 13.1 Å². The van der Waals surface area contributed by atoms with E-state index >= 15 is 0 Å². The Morgan fingerprint density at radius 3 is 2.65 bits per heavy atom. The van der Waals surface area contributed by atoms with Crippen molar-refractivity contribution in [3.63, 3.8) is 0 Å². The van der Waals surface area contributed by atoms with E-state index in [-0.39, 0.29) is 0 Å². The van der Waals surface area contributed by atoms with Gasteiger partial charge in [-0.2, -0.15) is 0 Å². The summed E-state index contributed by atoms with van der Waals surface area (Å²) in [4.78, 5) is 7.40. The van der Waals surface area contributed by atoms with Crippen LogP contribution in [0.3, 0.4) is 0 Å². The minimum Gasteiger partial charge on any atom is -0.345 e. The Hall–Kier alpha value is -0.830. The number of aromatic amines is 1. The zero-order valence-corrected chi connectivity index (χ0v) is 11.6. The maximum atomic E-state index is 4.18. The van der Waals surface area contributed by atoms with Crippen LogP contribution in [0.1, 0.15) is 57.5 Å². The lowest BCUT2D eigenvalue weighted by atomic mass is 10.0. The predicted octanol–water partition coefficient (Wildman–Crippen LogP) is 3.41. The molecule has 1 heterocycles. The van der Waals surface area contributed by atoms with Gasteiger partial charge in [0, 0.05) is 18.4 Å². The van der Waals surface area contributed by atoms with Gasteiger partial charge < -0.3 is 10.3 Å². The second-order valence-electron chi connectivity index (χ2n) is 5.27. The molecule has 98 valence electrons. The van der Waals surface area contributed by atoms with Crippen molar-refractivity contribution in [1.82, 2.24) is 15.3 Å². The van der Waals surface area contributed by atoms with Crippen LogP contribution in [-0.2, 0) is 6.54 Å². The fourth-order valence-electron chi connectivity index (χ4n) is 1.94. The summed E-state index contributed by atoms with van der Waals surface area (Å²) >= 11 is 0. The molecule has 0 aliphatic carbocycles. The zero-order valence-electron chi connectivity index (χ0n) is 11.6. The van der Waals surface area contributed by atoms with Crippen LogP contribution in [0, 0.1) is 12.8 Å². The maximum absolute atomic E-state index is 4.18. The normalized spacial score (nSPS) is 11.3. The van der Waals surface area contributed by atoms with Crippen LogP contribution in [-0.4, -0.2) is 16.5 Å². The Morgan fingerprint density at radius 2 is 2.00 bits per heavy atom. The maximum Gasteiger partial charge on any atom is 0.103 e. The summed E-state index contributed by atoms with van der Waals surface area (Å²) < 4.78 is 0. The van der Waals surface area contributed by atoms with Crippen LogP contribution < -0.4 is 5.32 Å². The Balaban J connectivity index is 1.88. The highest BCUT2D eigenvalue weighted by molar-refractivity contribution is 4.98. The highest BCUT2D eigenvalue weighted by Gasteiger charge is 1.96. The van der Waals surface area contributed by atoms with Crippen molar-refractivity contribution in [3.8, 4) is 0 Å². The third kappa shape index (κ3) is 7.16. The number of H-pyrrole nitrogens is 1. The van der Waals surface area contributed by atoms with Gasteiger partial charge in [0.25, 0.3) is 0 Å². The number of hydrogen-bond donors (Lipinski definition) is 2. The average Bonchev–Trinajstić information content (AvgIpc) is 2.68. The van der Waals surface area contributed by atoms with E-state index in [0.717, 1.165) is 24.8 Å². The first kappa shape index (κ1) is 14.2. The number of aryl methyl sites for hydroxylation is 1. The van der Waals surface area contributed by atoms with Crippen LogP contribution in [0.25, 0.3) is 0 Å². The molecule has 2 N–H and O–H groups in total. The van der Waals surface area contributed by atoms with E-state index in [2.05, 4.69) is 29.1 Å². The van der Waals surface area contributed by atoms with Crippen molar-refractivity contribution in [2.75, 3.05) is 6.54 Å². The number of aromatic nitrogens is 2. The number of unbranched alkanes of at least 4 members (excludes halogenated alkanes) is 3. The lowest BCUT2D eigenvalue weighted by Gasteiger charge is -2.05. The van der Waals surface area contributed by atoms with Crippen LogP contribution in [0.2, 0.25) is 0 Å². The Morgan fingerprint density at radius 1 is 1.24 bits per heavy atom. The monoisotopic (exact) mass is 237 g/mol. The molecule has 0 aliphatic heterocycles. The van der Waals surface area contributed by atoms with Gasteiger partial charge in [-0.1, -0.05) is 39.5 Å². The van der Waals surface area contributed by atoms with E-state index in [1.54, 1.807) is 0 Å². The predicted molar refractivity (Wildman–Crippen MR) is 73.0 cm³/mol. The highest BCUT2D eigenvalue weighted by Crippen LogP contribution is 2.08. The van der Waals surface area contributed by atoms with E-state index in [1.165, 1.54) is 37.8 Å². The molecular weight excluding hydrogens is 210 g/mol. The molecule has 0 radical (unpaired) electrons. The van der Waals surface area contributed by atoms with E-state index in [0.29, 0.717) is 0 Å². The zero-order chi connectivity index (χ0) is 12.5. The Bertz CT molecular complexity index is 291. The van der Waals surface area contributed by atoms with Crippen molar-refractivity contribution < 1.29 is 0 Å². The summed E-state index contributed by atoms with van der Waals surface area (Å²) in [5, 5.41) is 3.44. The molecule has 0 aromatic carbocycles. The Kier molecular flexibility index (Phi) is 6.94. The second-order valence-corrected chi connectivity index (χ2v) is 5.27. The molecular formula is C14H27N3. The quantitative estimate of drug-likeness (QED) is 0.646. The lowest BCUT2D eigenvalue weighted by Crippen LogP contribution is -2.14. The Labute approximate surface area is 105 Å². The van der Waals surface area contributed by atoms with Gasteiger partial charge in [-0.3, -0.25) is 0 Å². The van der Waals surface area contributed by atoms with E-state index in [4.69, 9.17) is 0 Å². The van der Waals surface area contributed by atoms with Crippen molar-refractivity contribution in [2.45, 2.75) is 59.4 Å². The van der Waals surface area contributed by atoms with Gasteiger partial charge in [-0.05, 0) is 25.8 Å². The summed E-state index contributed by atoms with van der Waals surface area (Å²) in [6, 6.07) is 0. The molecule has 1 aromatic heterocycles. The summed E-state index contributed by atoms with van der Waals surface area (Å²) in [7, 11) is 0. The fourth-order valence-corrected chi connectivity index (χ4v) is 1.94. The molecule has 17 heavy (non-hydrogen) atoms. The minimum atomic E-state index is 0.858. The number of rotatable bonds is 9. The lowest BCUT2D eigenvalue weighted by molar-refractivity contribution is 0.511. The smallest absolute Gasteiger partial charge is 0.103 e. The van der Waals surface area contributed by atoms with Gasteiger partial charge in [0.2, 0.25) is 0 Å². The first-order valence-electron chi connectivity index (χ1n) is 6.89. The van der Waals surface area contributed by atoms with Crippen LogP contribution in [0.5, 0.6) is 0 Å². The average molecular weight is 237 g/mol. The molecule has 0 unspecified atom stereocenters. The molecule has 0 saturated heterocycles. The van der Waals surface area contributed by atoms with Crippen molar-refractivity contribution in [1.29, 1.82) is 0 Å². The molecule has 0 saturated carbocycles. The van der Waals surface area contributed by atoms with Crippen LogP contribution in [0.4, 0.5) is 0 Å². The third-order valence-corrected chi connectivity index (χ3v) is 2.96. The summed E-state index contributed by atoms with van der Waals surface area (Å²) in [6.45, 7) is 8.60. The molecule has 0 atom stereocenters. The number of hydrogen-bond acceptors (Lipinski definition) is 2. The first-order valence-corrected chi connectivity index (χ1v) is 6.89. The summed E-state index contributed by atoms with van der Waals surface area (Å²) in [5.74, 6) is 1.85. The summed E-state index contributed by atoms with van der Waals surface area (Å²) in [6.07, 6.45) is 8.68. The molecule has 0 amide bonds. The number of nitrogens with zero attached hydrogens (tertiary/aromatic N) is 1. The van der Waals surface area contributed by atoms with Crippen LogP contribution >= 0.6 is 0 Å². The van der Waals surface area contributed by atoms with E-state index in [9.17, 15) is 0 Å². The van der Waals surface area contributed by atoms with Gasteiger partial charge in [0.15, 0.2) is 0 Å². The van der Waals surface area contributed by atoms with Gasteiger partial charge in [-0.25, -0.2) is 4.98 Å². The number of imidazole rings is 1. The first-order chi connectivity index (χ1) is 8.18. The van der Waals surface area contributed by atoms with Crippen molar-refractivity contribution in [3.05, 3.63) is 17.7 Å². The fraction of sp³-hybridized carbons (Fsp3) is 0.786. The van der Waals surface area contributed by atoms with Gasteiger partial charge in [0.05, 0.1) is 0 Å². The summed E-state index contributed by atoms with van der Waals surface area (Å²) in [5.41, 5.74) is 1.18. The van der Waals surface area contributed by atoms with Crippen LogP contribution in [0.15, 0.2) is 6.20 Å². The van der Waals surface area contributed by atoms with Crippen molar-refractivity contribution >= 4 is 0 Å². The van der Waals surface area contributed by atoms with Crippen molar-refractivity contribution in [2.24, 2.45) is 5.92 Å². The largest absolute Gasteiger partial charge is 0.345 e. The van der Waals surface area contributed by atoms with Gasteiger partial charge in [0.1, 0.15) is 5.82 Å². The van der Waals surface area contributed by atoms with Gasteiger partial charge in [-0.15, -0.1) is 0 Å². The molecule has 0 fully saturated rings. The van der Waals surface area contributed by atoms with E-state index < -0.39 is 0 Å². The molecule has 0 aliphatic rings.